The monoisotopic (exact) mass is 493 g/mol. The molecule has 1 amide bonds. The number of hydrogen-bond donors (Lipinski definition) is 1. The summed E-state index contributed by atoms with van der Waals surface area (Å²) in [6, 6.07) is 3.24. The van der Waals surface area contributed by atoms with Gasteiger partial charge in [-0.1, -0.05) is 23.1 Å². The smallest absolute Gasteiger partial charge is 0.316 e. The largest absolute Gasteiger partial charge is 0.493 e. The lowest BCUT2D eigenvalue weighted by molar-refractivity contribution is -0.139. The minimum Gasteiger partial charge on any atom is -0.493 e. The summed E-state index contributed by atoms with van der Waals surface area (Å²) in [5, 5.41) is 11.3. The van der Waals surface area contributed by atoms with Gasteiger partial charge in [-0.25, -0.2) is 4.98 Å². The summed E-state index contributed by atoms with van der Waals surface area (Å²) in [6.07, 6.45) is 2.06. The van der Waals surface area contributed by atoms with Crippen LogP contribution in [0.2, 0.25) is 0 Å². The van der Waals surface area contributed by atoms with Crippen LogP contribution in [0.15, 0.2) is 27.6 Å². The molecule has 33 heavy (non-hydrogen) atoms. The van der Waals surface area contributed by atoms with Crippen LogP contribution in [0.3, 0.4) is 0 Å². The molecular weight excluding hydrogens is 470 g/mol. The number of fused-ring (bicyclic) bond motifs is 1. The molecule has 0 saturated carbocycles. The van der Waals surface area contributed by atoms with Gasteiger partial charge in [0.05, 0.1) is 43.8 Å². The molecular formula is C20H23N5O6S2. The lowest BCUT2D eigenvalue weighted by Gasteiger charge is -2.10. The van der Waals surface area contributed by atoms with E-state index in [9.17, 15) is 14.4 Å². The van der Waals surface area contributed by atoms with E-state index in [-0.39, 0.29) is 29.6 Å². The number of carbonyl (C=O) groups excluding carboxylic acids is 2. The molecule has 2 heterocycles. The fourth-order valence-electron chi connectivity index (χ4n) is 2.88. The molecule has 0 aliphatic rings. The van der Waals surface area contributed by atoms with Crippen molar-refractivity contribution in [2.45, 2.75) is 30.6 Å². The molecule has 0 aliphatic carbocycles. The van der Waals surface area contributed by atoms with Gasteiger partial charge in [0.15, 0.2) is 15.8 Å². The number of anilines is 1. The van der Waals surface area contributed by atoms with E-state index in [0.29, 0.717) is 51.4 Å². The summed E-state index contributed by atoms with van der Waals surface area (Å²) in [6.45, 7) is 2.38. The molecule has 13 heteroatoms. The summed E-state index contributed by atoms with van der Waals surface area (Å²) >= 11 is 2.37. The van der Waals surface area contributed by atoms with Crippen molar-refractivity contribution in [2.24, 2.45) is 0 Å². The van der Waals surface area contributed by atoms with Crippen LogP contribution in [-0.4, -0.2) is 58.2 Å². The molecule has 3 rings (SSSR count). The van der Waals surface area contributed by atoms with E-state index in [1.807, 2.05) is 0 Å². The van der Waals surface area contributed by atoms with Crippen molar-refractivity contribution in [3.63, 3.8) is 0 Å². The van der Waals surface area contributed by atoms with Crippen LogP contribution in [0.25, 0.3) is 10.9 Å². The van der Waals surface area contributed by atoms with E-state index in [4.69, 9.17) is 14.2 Å². The van der Waals surface area contributed by atoms with Crippen LogP contribution < -0.4 is 20.3 Å². The Hall–Kier alpha value is -3.19. The maximum Gasteiger partial charge on any atom is 0.316 e. The normalized spacial score (nSPS) is 10.8. The number of carbonyl (C=O) groups is 2. The Labute approximate surface area is 197 Å². The maximum absolute atomic E-state index is 12.8. The number of benzene rings is 1. The summed E-state index contributed by atoms with van der Waals surface area (Å²) < 4.78 is 17.4. The first-order valence-electron chi connectivity index (χ1n) is 9.98. The van der Waals surface area contributed by atoms with Gasteiger partial charge < -0.3 is 19.5 Å². The third-order valence-corrected chi connectivity index (χ3v) is 6.35. The predicted molar refractivity (Wildman–Crippen MR) is 124 cm³/mol. The van der Waals surface area contributed by atoms with E-state index < -0.39 is 0 Å². The number of ether oxygens (including phenoxy) is 3. The number of aromatic nitrogens is 4. The van der Waals surface area contributed by atoms with E-state index in [1.54, 1.807) is 19.1 Å². The van der Waals surface area contributed by atoms with Gasteiger partial charge >= 0.3 is 5.97 Å². The van der Waals surface area contributed by atoms with Crippen molar-refractivity contribution >= 4 is 51.0 Å². The Balaban J connectivity index is 1.54. The highest BCUT2D eigenvalue weighted by atomic mass is 32.2. The Morgan fingerprint density at radius 1 is 1.18 bits per heavy atom. The number of esters is 1. The van der Waals surface area contributed by atoms with Crippen molar-refractivity contribution in [3.8, 4) is 11.5 Å². The molecule has 0 spiro atoms. The van der Waals surface area contributed by atoms with Gasteiger partial charge in [-0.15, -0.1) is 10.2 Å². The zero-order valence-corrected chi connectivity index (χ0v) is 20.0. The lowest BCUT2D eigenvalue weighted by Crippen LogP contribution is -2.22. The number of aryl methyl sites for hydroxylation is 1. The van der Waals surface area contributed by atoms with Crippen molar-refractivity contribution in [1.82, 2.24) is 19.7 Å². The summed E-state index contributed by atoms with van der Waals surface area (Å²) in [4.78, 5) is 40.7. The molecule has 0 bridgehead atoms. The molecule has 176 valence electrons. The minimum absolute atomic E-state index is 0.129. The molecule has 0 unspecified atom stereocenters. The number of thioether (sulfide) groups is 1. The Morgan fingerprint density at radius 3 is 2.67 bits per heavy atom. The minimum atomic E-state index is -0.334. The number of methoxy groups -OCH3 is 2. The quantitative estimate of drug-likeness (QED) is 0.241. The highest BCUT2D eigenvalue weighted by Crippen LogP contribution is 2.30. The first kappa shape index (κ1) is 24.5. The highest BCUT2D eigenvalue weighted by molar-refractivity contribution is 8.01. The van der Waals surface area contributed by atoms with Gasteiger partial charge in [-0.3, -0.25) is 19.0 Å². The van der Waals surface area contributed by atoms with Crippen molar-refractivity contribution in [3.05, 3.63) is 28.8 Å². The second-order valence-corrected chi connectivity index (χ2v) is 8.79. The Morgan fingerprint density at radius 2 is 1.94 bits per heavy atom. The van der Waals surface area contributed by atoms with Gasteiger partial charge in [0.1, 0.15) is 0 Å². The second-order valence-electron chi connectivity index (χ2n) is 6.59. The standard InChI is InChI=1S/C20H23N5O6S2/c1-4-31-17(27)10-32-20-24-23-19(33-20)22-16(26)6-5-7-25-11-21-13-9-15(30-3)14(29-2)8-12(13)18(25)28/h8-9,11H,4-7,10H2,1-3H3,(H,22,23,26). The average Bonchev–Trinajstić information content (AvgIpc) is 3.25. The fraction of sp³-hybridized carbons (Fsp3) is 0.400. The van der Waals surface area contributed by atoms with Gasteiger partial charge in [0.25, 0.3) is 5.56 Å². The molecule has 3 aromatic rings. The molecule has 11 nitrogen and oxygen atoms in total. The van der Waals surface area contributed by atoms with E-state index >= 15 is 0 Å². The zero-order chi connectivity index (χ0) is 23.8. The number of amides is 1. The zero-order valence-electron chi connectivity index (χ0n) is 18.3. The third kappa shape index (κ3) is 6.42. The molecule has 0 saturated heterocycles. The van der Waals surface area contributed by atoms with Crippen LogP contribution >= 0.6 is 23.1 Å². The number of hydrogen-bond acceptors (Lipinski definition) is 11. The summed E-state index contributed by atoms with van der Waals surface area (Å²) in [5.41, 5.74) is 0.272. The van der Waals surface area contributed by atoms with Gasteiger partial charge in [-0.05, 0) is 19.4 Å². The third-order valence-electron chi connectivity index (χ3n) is 4.40. The van der Waals surface area contributed by atoms with E-state index in [2.05, 4.69) is 20.5 Å². The van der Waals surface area contributed by atoms with Gasteiger partial charge in [0, 0.05) is 19.0 Å². The van der Waals surface area contributed by atoms with Crippen LogP contribution in [0.5, 0.6) is 11.5 Å². The van der Waals surface area contributed by atoms with Crippen LogP contribution in [0.1, 0.15) is 19.8 Å². The molecule has 1 N–H and O–H groups in total. The highest BCUT2D eigenvalue weighted by Gasteiger charge is 2.13. The van der Waals surface area contributed by atoms with Gasteiger partial charge in [0.2, 0.25) is 11.0 Å². The first-order chi connectivity index (χ1) is 15.9. The number of nitrogens with zero attached hydrogens (tertiary/aromatic N) is 4. The summed E-state index contributed by atoms with van der Waals surface area (Å²) in [7, 11) is 3.01. The van der Waals surface area contributed by atoms with Crippen molar-refractivity contribution < 1.29 is 23.8 Å². The average molecular weight is 494 g/mol. The summed E-state index contributed by atoms with van der Waals surface area (Å²) in [5.74, 6) is 0.479. The van der Waals surface area contributed by atoms with Gasteiger partial charge in [-0.2, -0.15) is 0 Å². The predicted octanol–water partition coefficient (Wildman–Crippen LogP) is 2.34. The fourth-order valence-corrected chi connectivity index (χ4v) is 4.44. The van der Waals surface area contributed by atoms with Crippen LogP contribution in [-0.2, 0) is 20.9 Å². The van der Waals surface area contributed by atoms with Crippen LogP contribution in [0, 0.1) is 0 Å². The molecule has 0 radical (unpaired) electrons. The number of rotatable bonds is 11. The topological polar surface area (TPSA) is 135 Å². The molecule has 0 atom stereocenters. The second kappa shape index (κ2) is 11.6. The van der Waals surface area contributed by atoms with E-state index in [0.717, 1.165) is 0 Å². The van der Waals surface area contributed by atoms with E-state index in [1.165, 1.54) is 48.2 Å². The molecule has 0 fully saturated rings. The Bertz CT molecular complexity index is 1200. The first-order valence-corrected chi connectivity index (χ1v) is 11.8. The van der Waals surface area contributed by atoms with Crippen LogP contribution in [0.4, 0.5) is 5.13 Å². The molecule has 1 aromatic carbocycles. The number of nitrogens with one attached hydrogen (secondary N) is 1. The SMILES string of the molecule is CCOC(=O)CSc1nnc(NC(=O)CCCn2cnc3cc(OC)c(OC)cc3c2=O)s1. The maximum atomic E-state index is 12.8. The molecule has 2 aromatic heterocycles. The molecule has 0 aliphatic heterocycles. The van der Waals surface area contributed by atoms with Crippen molar-refractivity contribution in [2.75, 3.05) is 31.9 Å². The lowest BCUT2D eigenvalue weighted by atomic mass is 10.2. The van der Waals surface area contributed by atoms with Crippen molar-refractivity contribution in [1.29, 1.82) is 0 Å². The Kier molecular flexibility index (Phi) is 8.60.